The van der Waals surface area contributed by atoms with Gasteiger partial charge in [-0.25, -0.2) is 15.2 Å². The predicted molar refractivity (Wildman–Crippen MR) is 101 cm³/mol. The number of ketones is 1. The number of hydrogen-bond acceptors (Lipinski definition) is 5. The average molecular weight is 404 g/mol. The summed E-state index contributed by atoms with van der Waals surface area (Å²) < 4.78 is 18.7. The van der Waals surface area contributed by atoms with E-state index >= 15 is 0 Å². The van der Waals surface area contributed by atoms with Gasteiger partial charge in [-0.15, -0.1) is 0 Å². The van der Waals surface area contributed by atoms with Gasteiger partial charge in [-0.1, -0.05) is 23.7 Å². The second-order valence-corrected chi connectivity index (χ2v) is 7.40. The second kappa shape index (κ2) is 7.50. The van der Waals surface area contributed by atoms with E-state index < -0.39 is 17.9 Å². The Balaban J connectivity index is 1.68. The highest BCUT2D eigenvalue weighted by molar-refractivity contribution is 6.30. The molecule has 0 aromatic heterocycles. The zero-order valence-electron chi connectivity index (χ0n) is 15.0. The van der Waals surface area contributed by atoms with Gasteiger partial charge in [0.2, 0.25) is 5.91 Å². The van der Waals surface area contributed by atoms with E-state index in [0.717, 1.165) is 5.56 Å². The number of nitrogens with one attached hydrogen (secondary N) is 3. The van der Waals surface area contributed by atoms with Crippen molar-refractivity contribution in [1.29, 1.82) is 0 Å². The van der Waals surface area contributed by atoms with Crippen LogP contribution in [0.25, 0.3) is 0 Å². The van der Waals surface area contributed by atoms with Crippen LogP contribution in [-0.2, 0) is 4.79 Å². The van der Waals surface area contributed by atoms with Crippen LogP contribution in [0.5, 0.6) is 5.75 Å². The molecular weight excluding hydrogens is 385 g/mol. The standard InChI is InChI=1S/C20H19ClFN3O3/c1-28-15-8-11(4-7-14(15)22)19(27)13-9-16(26)23-20-17(13)18(24-25-20)10-2-5-12(21)6-3-10/h2-8,13,17-18,20,24-25H,9H2,1H3,(H,23,26). The van der Waals surface area contributed by atoms with Crippen molar-refractivity contribution in [3.63, 3.8) is 0 Å². The molecule has 0 spiro atoms. The van der Waals surface area contributed by atoms with E-state index in [2.05, 4.69) is 16.2 Å². The van der Waals surface area contributed by atoms with Gasteiger partial charge in [0.25, 0.3) is 0 Å². The molecule has 2 aliphatic heterocycles. The van der Waals surface area contributed by atoms with Crippen LogP contribution in [0.4, 0.5) is 4.39 Å². The molecule has 0 aliphatic carbocycles. The Kier molecular flexibility index (Phi) is 5.05. The molecule has 2 fully saturated rings. The van der Waals surface area contributed by atoms with Gasteiger partial charge in [-0.05, 0) is 35.9 Å². The van der Waals surface area contributed by atoms with Crippen molar-refractivity contribution in [3.8, 4) is 5.75 Å². The Labute approximate surface area is 166 Å². The van der Waals surface area contributed by atoms with Gasteiger partial charge in [0.1, 0.15) is 0 Å². The summed E-state index contributed by atoms with van der Waals surface area (Å²) in [5.74, 6) is -1.76. The van der Waals surface area contributed by atoms with E-state index in [4.69, 9.17) is 16.3 Å². The van der Waals surface area contributed by atoms with Crippen LogP contribution in [0.3, 0.4) is 0 Å². The van der Waals surface area contributed by atoms with Crippen LogP contribution >= 0.6 is 11.6 Å². The Morgan fingerprint density at radius 2 is 1.93 bits per heavy atom. The first-order valence-electron chi connectivity index (χ1n) is 8.91. The summed E-state index contributed by atoms with van der Waals surface area (Å²) in [5.41, 5.74) is 7.52. The highest BCUT2D eigenvalue weighted by Gasteiger charge is 2.49. The third kappa shape index (κ3) is 3.37. The zero-order chi connectivity index (χ0) is 19.8. The molecule has 4 atom stereocenters. The molecule has 2 aromatic carbocycles. The van der Waals surface area contributed by atoms with E-state index in [1.165, 1.54) is 25.3 Å². The second-order valence-electron chi connectivity index (χ2n) is 6.96. The van der Waals surface area contributed by atoms with Crippen LogP contribution in [0.2, 0.25) is 5.02 Å². The van der Waals surface area contributed by atoms with Crippen molar-refractivity contribution < 1.29 is 18.7 Å². The van der Waals surface area contributed by atoms with Gasteiger partial charge < -0.3 is 10.1 Å². The molecule has 1 amide bonds. The molecule has 2 saturated heterocycles. The first kappa shape index (κ1) is 18.9. The first-order valence-corrected chi connectivity index (χ1v) is 9.29. The molecule has 2 aliphatic rings. The molecule has 6 nitrogen and oxygen atoms in total. The molecular formula is C20H19ClFN3O3. The number of ether oxygens (including phenoxy) is 1. The van der Waals surface area contributed by atoms with E-state index in [1.54, 1.807) is 12.1 Å². The lowest BCUT2D eigenvalue weighted by Gasteiger charge is -2.35. The molecule has 4 rings (SSSR count). The minimum atomic E-state index is -0.572. The van der Waals surface area contributed by atoms with Crippen LogP contribution in [0.1, 0.15) is 28.4 Å². The largest absolute Gasteiger partial charge is 0.494 e. The Morgan fingerprint density at radius 1 is 1.18 bits per heavy atom. The Morgan fingerprint density at radius 3 is 2.64 bits per heavy atom. The molecule has 28 heavy (non-hydrogen) atoms. The normalized spacial score (nSPS) is 26.5. The molecule has 3 N–H and O–H groups in total. The maximum atomic E-state index is 13.7. The lowest BCUT2D eigenvalue weighted by Crippen LogP contribution is -2.54. The number of halogens is 2. The summed E-state index contributed by atoms with van der Waals surface area (Å²) in [4.78, 5) is 25.4. The third-order valence-corrected chi connectivity index (χ3v) is 5.60. The maximum Gasteiger partial charge on any atom is 0.222 e. The molecule has 0 radical (unpaired) electrons. The van der Waals surface area contributed by atoms with E-state index in [0.29, 0.717) is 10.6 Å². The van der Waals surface area contributed by atoms with E-state index in [9.17, 15) is 14.0 Å². The molecule has 2 aromatic rings. The summed E-state index contributed by atoms with van der Waals surface area (Å²) in [6.07, 6.45) is -0.328. The van der Waals surface area contributed by atoms with Gasteiger partial charge in [0.05, 0.1) is 19.3 Å². The smallest absolute Gasteiger partial charge is 0.222 e. The number of benzene rings is 2. The first-order chi connectivity index (χ1) is 13.5. The Hall–Kier alpha value is -2.48. The van der Waals surface area contributed by atoms with Crippen LogP contribution in [0, 0.1) is 17.7 Å². The lowest BCUT2D eigenvalue weighted by molar-refractivity contribution is -0.125. The van der Waals surface area contributed by atoms with Gasteiger partial charge in [-0.2, -0.15) is 0 Å². The molecule has 2 heterocycles. The van der Waals surface area contributed by atoms with E-state index in [1.807, 2.05) is 12.1 Å². The number of methoxy groups -OCH3 is 1. The number of Topliss-reactive ketones (excluding diaryl/α,β-unsaturated/α-hetero) is 1. The van der Waals surface area contributed by atoms with Gasteiger partial charge in [0.15, 0.2) is 17.3 Å². The quantitative estimate of drug-likeness (QED) is 0.684. The van der Waals surface area contributed by atoms with Crippen molar-refractivity contribution >= 4 is 23.3 Å². The number of hydrogen-bond donors (Lipinski definition) is 3. The van der Waals surface area contributed by atoms with Crippen LogP contribution in [-0.4, -0.2) is 25.0 Å². The highest BCUT2D eigenvalue weighted by Crippen LogP contribution is 2.39. The molecule has 0 bridgehead atoms. The summed E-state index contributed by atoms with van der Waals surface area (Å²) in [7, 11) is 1.35. The molecule has 0 saturated carbocycles. The number of amides is 1. The van der Waals surface area contributed by atoms with Crippen molar-refractivity contribution in [2.45, 2.75) is 18.6 Å². The maximum absolute atomic E-state index is 13.7. The topological polar surface area (TPSA) is 79.5 Å². The lowest BCUT2D eigenvalue weighted by atomic mass is 9.74. The number of carbonyl (C=O) groups excluding carboxylic acids is 2. The van der Waals surface area contributed by atoms with Gasteiger partial charge >= 0.3 is 0 Å². The van der Waals surface area contributed by atoms with Crippen molar-refractivity contribution in [2.75, 3.05) is 7.11 Å². The molecule has 146 valence electrons. The third-order valence-electron chi connectivity index (χ3n) is 5.35. The minimum absolute atomic E-state index is 0.000385. The number of fused-ring (bicyclic) bond motifs is 1. The van der Waals surface area contributed by atoms with Gasteiger partial charge in [-0.3, -0.25) is 9.59 Å². The van der Waals surface area contributed by atoms with Gasteiger partial charge in [0, 0.05) is 28.8 Å². The fourth-order valence-corrected chi connectivity index (χ4v) is 4.13. The summed E-state index contributed by atoms with van der Waals surface area (Å²) in [5, 5.41) is 3.50. The average Bonchev–Trinajstić information content (AvgIpc) is 3.11. The Bertz CT molecular complexity index is 921. The highest BCUT2D eigenvalue weighted by atomic mass is 35.5. The summed E-state index contributed by atoms with van der Waals surface area (Å²) in [6, 6.07) is 11.2. The van der Waals surface area contributed by atoms with E-state index in [-0.39, 0.29) is 35.8 Å². The fourth-order valence-electron chi connectivity index (χ4n) is 4.00. The number of rotatable bonds is 4. The van der Waals surface area contributed by atoms with Crippen molar-refractivity contribution in [2.24, 2.45) is 11.8 Å². The molecule has 4 unspecified atom stereocenters. The fraction of sp³-hybridized carbons (Fsp3) is 0.300. The predicted octanol–water partition coefficient (Wildman–Crippen LogP) is 2.60. The van der Waals surface area contributed by atoms with Crippen LogP contribution in [0.15, 0.2) is 42.5 Å². The van der Waals surface area contributed by atoms with Crippen molar-refractivity contribution in [1.82, 2.24) is 16.2 Å². The monoisotopic (exact) mass is 403 g/mol. The number of carbonyl (C=O) groups is 2. The van der Waals surface area contributed by atoms with Crippen LogP contribution < -0.4 is 20.9 Å². The molecule has 8 heteroatoms. The number of hydrazine groups is 1. The number of piperidine rings is 1. The minimum Gasteiger partial charge on any atom is -0.494 e. The van der Waals surface area contributed by atoms with Crippen molar-refractivity contribution in [3.05, 3.63) is 64.4 Å². The summed E-state index contributed by atoms with van der Waals surface area (Å²) >= 11 is 5.99. The zero-order valence-corrected chi connectivity index (χ0v) is 15.8. The summed E-state index contributed by atoms with van der Waals surface area (Å²) in [6.45, 7) is 0. The SMILES string of the molecule is COc1cc(C(=O)C2CC(=O)NC3NNC(c4ccc(Cl)cc4)C32)ccc1F.